The Balaban J connectivity index is 2.19. The molecule has 0 aliphatic carbocycles. The highest BCUT2D eigenvalue weighted by Gasteiger charge is 2.11. The number of hydrogen-bond acceptors (Lipinski definition) is 2. The maximum absolute atomic E-state index is 5.74. The van der Waals surface area contributed by atoms with Crippen LogP contribution >= 0.6 is 11.6 Å². The lowest BCUT2D eigenvalue weighted by atomic mass is 10.3. The average Bonchev–Trinajstić information content (AvgIpc) is 1.77. The van der Waals surface area contributed by atoms with E-state index in [4.69, 9.17) is 11.6 Å². The lowest BCUT2D eigenvalue weighted by Gasteiger charge is -2.26. The van der Waals surface area contributed by atoms with Crippen molar-refractivity contribution in [1.29, 1.82) is 0 Å². The van der Waals surface area contributed by atoms with Crippen molar-refractivity contribution in [3.63, 3.8) is 0 Å². The van der Waals surface area contributed by atoms with E-state index in [1.807, 2.05) is 0 Å². The van der Waals surface area contributed by atoms with Crippen molar-refractivity contribution in [3.05, 3.63) is 0 Å². The molecule has 1 unspecified atom stereocenters. The molecule has 0 bridgehead atoms. The van der Waals surface area contributed by atoms with E-state index < -0.39 is 0 Å². The van der Waals surface area contributed by atoms with Gasteiger partial charge >= 0.3 is 0 Å². The molecule has 0 aromatic carbocycles. The molecule has 8 heavy (non-hydrogen) atoms. The Kier molecular flexibility index (Phi) is 2.11. The van der Waals surface area contributed by atoms with Crippen LogP contribution in [0.5, 0.6) is 0 Å². The van der Waals surface area contributed by atoms with Gasteiger partial charge in [0, 0.05) is 13.2 Å². The number of alkyl halides is 1. The Morgan fingerprint density at radius 1 is 1.75 bits per heavy atom. The second-order valence-corrected chi connectivity index (χ2v) is 2.72. The molecule has 0 amide bonds. The second kappa shape index (κ2) is 2.67. The summed E-state index contributed by atoms with van der Waals surface area (Å²) in [5, 5.41) is 3.12. The predicted molar refractivity (Wildman–Crippen MR) is 34.9 cm³/mol. The number of halogens is 1. The standard InChI is InChI=1S/C5H11ClN2/c1-8-3-2-5(6)7-4-8/h5,7H,2-4H2,1H3. The van der Waals surface area contributed by atoms with Gasteiger partial charge in [-0.1, -0.05) is 0 Å². The molecule has 1 rings (SSSR count). The van der Waals surface area contributed by atoms with Crippen molar-refractivity contribution in [3.8, 4) is 0 Å². The van der Waals surface area contributed by atoms with Gasteiger partial charge in [-0.3, -0.25) is 10.2 Å². The van der Waals surface area contributed by atoms with E-state index in [1.165, 1.54) is 0 Å². The summed E-state index contributed by atoms with van der Waals surface area (Å²) in [6.45, 7) is 2.04. The molecule has 1 aliphatic heterocycles. The van der Waals surface area contributed by atoms with Gasteiger partial charge in [-0.15, -0.1) is 11.6 Å². The smallest absolute Gasteiger partial charge is 0.0847 e. The fourth-order valence-electron chi connectivity index (χ4n) is 0.770. The van der Waals surface area contributed by atoms with Gasteiger partial charge in [-0.2, -0.15) is 0 Å². The van der Waals surface area contributed by atoms with Crippen LogP contribution in [-0.4, -0.2) is 30.7 Å². The molecule has 0 aromatic rings. The summed E-state index contributed by atoms with van der Waals surface area (Å²) in [7, 11) is 2.08. The molecule has 1 N–H and O–H groups in total. The summed E-state index contributed by atoms with van der Waals surface area (Å²) < 4.78 is 0. The summed E-state index contributed by atoms with van der Waals surface area (Å²) in [6, 6.07) is 0. The second-order valence-electron chi connectivity index (χ2n) is 2.20. The highest BCUT2D eigenvalue weighted by atomic mass is 35.5. The molecule has 2 nitrogen and oxygen atoms in total. The van der Waals surface area contributed by atoms with Crippen molar-refractivity contribution in [2.45, 2.75) is 11.9 Å². The topological polar surface area (TPSA) is 15.3 Å². The number of nitrogens with one attached hydrogen (secondary N) is 1. The van der Waals surface area contributed by atoms with Crippen molar-refractivity contribution in [2.24, 2.45) is 0 Å². The average molecular weight is 135 g/mol. The van der Waals surface area contributed by atoms with Crippen molar-refractivity contribution in [1.82, 2.24) is 10.2 Å². The van der Waals surface area contributed by atoms with E-state index >= 15 is 0 Å². The summed E-state index contributed by atoms with van der Waals surface area (Å²) in [4.78, 5) is 2.21. The van der Waals surface area contributed by atoms with Gasteiger partial charge in [0.15, 0.2) is 0 Å². The van der Waals surface area contributed by atoms with Crippen LogP contribution in [0.3, 0.4) is 0 Å². The number of hydrogen-bond donors (Lipinski definition) is 1. The molecular weight excluding hydrogens is 124 g/mol. The summed E-state index contributed by atoms with van der Waals surface area (Å²) >= 11 is 5.74. The Bertz CT molecular complexity index is 58.8. The Labute approximate surface area is 54.8 Å². The zero-order valence-corrected chi connectivity index (χ0v) is 5.78. The molecule has 1 atom stereocenters. The highest BCUT2D eigenvalue weighted by Crippen LogP contribution is 2.03. The van der Waals surface area contributed by atoms with E-state index in [1.54, 1.807) is 0 Å². The van der Waals surface area contributed by atoms with Gasteiger partial charge < -0.3 is 0 Å². The Hall–Kier alpha value is 0.210. The van der Waals surface area contributed by atoms with Crippen LogP contribution in [0.25, 0.3) is 0 Å². The van der Waals surface area contributed by atoms with Crippen molar-refractivity contribution in [2.75, 3.05) is 20.3 Å². The van der Waals surface area contributed by atoms with E-state index in [0.717, 1.165) is 19.6 Å². The first-order valence-electron chi connectivity index (χ1n) is 2.85. The minimum absolute atomic E-state index is 0.200. The van der Waals surface area contributed by atoms with Crippen LogP contribution in [0.4, 0.5) is 0 Å². The summed E-state index contributed by atoms with van der Waals surface area (Å²) in [5.74, 6) is 0. The van der Waals surface area contributed by atoms with Crippen LogP contribution in [-0.2, 0) is 0 Å². The van der Waals surface area contributed by atoms with E-state index in [9.17, 15) is 0 Å². The van der Waals surface area contributed by atoms with Crippen molar-refractivity contribution >= 4 is 11.6 Å². The van der Waals surface area contributed by atoms with Gasteiger partial charge in [0.2, 0.25) is 0 Å². The molecule has 3 heteroatoms. The van der Waals surface area contributed by atoms with Crippen LogP contribution in [0.1, 0.15) is 6.42 Å². The molecular formula is C5H11ClN2. The molecule has 1 aliphatic rings. The van der Waals surface area contributed by atoms with Gasteiger partial charge in [0.05, 0.1) is 5.50 Å². The minimum Gasteiger partial charge on any atom is -0.294 e. The van der Waals surface area contributed by atoms with Crippen LogP contribution in [0.15, 0.2) is 0 Å². The Morgan fingerprint density at radius 3 is 2.88 bits per heavy atom. The summed E-state index contributed by atoms with van der Waals surface area (Å²) in [6.07, 6.45) is 1.05. The van der Waals surface area contributed by atoms with E-state index in [2.05, 4.69) is 17.3 Å². The van der Waals surface area contributed by atoms with Crippen LogP contribution < -0.4 is 5.32 Å². The normalized spacial score (nSPS) is 33.0. The molecule has 1 heterocycles. The SMILES string of the molecule is CN1CCC(Cl)NC1. The third kappa shape index (κ3) is 1.62. The third-order valence-electron chi connectivity index (χ3n) is 1.35. The van der Waals surface area contributed by atoms with Gasteiger partial charge in [-0.05, 0) is 13.5 Å². The Morgan fingerprint density at radius 2 is 2.50 bits per heavy atom. The van der Waals surface area contributed by atoms with E-state index in [-0.39, 0.29) is 5.50 Å². The van der Waals surface area contributed by atoms with Crippen molar-refractivity contribution < 1.29 is 0 Å². The predicted octanol–water partition coefficient (Wildman–Crippen LogP) is 0.434. The van der Waals surface area contributed by atoms with E-state index in [0.29, 0.717) is 0 Å². The zero-order valence-electron chi connectivity index (χ0n) is 5.02. The fraction of sp³-hybridized carbons (Fsp3) is 1.00. The molecule has 48 valence electrons. The lowest BCUT2D eigenvalue weighted by molar-refractivity contribution is 0.248. The summed E-state index contributed by atoms with van der Waals surface area (Å²) in [5.41, 5.74) is 0.200. The molecule has 0 spiro atoms. The van der Waals surface area contributed by atoms with Gasteiger partial charge in [0.25, 0.3) is 0 Å². The first-order valence-corrected chi connectivity index (χ1v) is 3.28. The number of nitrogens with zero attached hydrogens (tertiary/aromatic N) is 1. The minimum atomic E-state index is 0.200. The van der Waals surface area contributed by atoms with Crippen LogP contribution in [0, 0.1) is 0 Å². The number of rotatable bonds is 0. The zero-order chi connectivity index (χ0) is 5.98. The molecule has 1 saturated heterocycles. The maximum atomic E-state index is 5.74. The molecule has 0 radical (unpaired) electrons. The largest absolute Gasteiger partial charge is 0.294 e. The third-order valence-corrected chi connectivity index (χ3v) is 1.72. The maximum Gasteiger partial charge on any atom is 0.0847 e. The fourth-order valence-corrected chi connectivity index (χ4v) is 0.936. The lowest BCUT2D eigenvalue weighted by Crippen LogP contribution is -2.43. The molecule has 1 fully saturated rings. The monoisotopic (exact) mass is 134 g/mol. The van der Waals surface area contributed by atoms with Gasteiger partial charge in [-0.25, -0.2) is 0 Å². The first kappa shape index (κ1) is 6.33. The molecule has 0 saturated carbocycles. The molecule has 0 aromatic heterocycles. The van der Waals surface area contributed by atoms with Crippen LogP contribution in [0.2, 0.25) is 0 Å². The highest BCUT2D eigenvalue weighted by molar-refractivity contribution is 6.20. The quantitative estimate of drug-likeness (QED) is 0.382. The van der Waals surface area contributed by atoms with Gasteiger partial charge in [0.1, 0.15) is 0 Å². The first-order chi connectivity index (χ1) is 3.79.